The Kier molecular flexibility index (Phi) is 3.07. The quantitative estimate of drug-likeness (QED) is 0.481. The van der Waals surface area contributed by atoms with Crippen molar-refractivity contribution in [1.29, 1.82) is 0 Å². The molecule has 0 aromatic heterocycles. The molecule has 1 aliphatic heterocycles. The number of hydrogen-bond acceptors (Lipinski definition) is 4. The number of ether oxygens (including phenoxy) is 2. The van der Waals surface area contributed by atoms with Gasteiger partial charge >= 0.3 is 5.97 Å². The number of methoxy groups -OCH3 is 1. The minimum absolute atomic E-state index is 0.345. The van der Waals surface area contributed by atoms with E-state index in [4.69, 9.17) is 4.74 Å². The van der Waals surface area contributed by atoms with Gasteiger partial charge in [0.15, 0.2) is 6.10 Å². The van der Waals surface area contributed by atoms with E-state index < -0.39 is 17.9 Å². The molecule has 0 bridgehead atoms. The molecule has 16 heavy (non-hydrogen) atoms. The Labute approximate surface area is 101 Å². The van der Waals surface area contributed by atoms with Crippen molar-refractivity contribution in [1.82, 2.24) is 0 Å². The van der Waals surface area contributed by atoms with Crippen LogP contribution in [0.2, 0.25) is 0 Å². The number of halogens is 1. The van der Waals surface area contributed by atoms with Crippen LogP contribution in [-0.4, -0.2) is 25.0 Å². The summed E-state index contributed by atoms with van der Waals surface area (Å²) < 4.78 is 10.4. The second-order valence-corrected chi connectivity index (χ2v) is 4.21. The van der Waals surface area contributed by atoms with Gasteiger partial charge in [-0.15, -0.1) is 0 Å². The lowest BCUT2D eigenvalue weighted by atomic mass is 10.1. The Morgan fingerprint density at radius 1 is 1.38 bits per heavy atom. The maximum Gasteiger partial charge on any atom is 0.377 e. The largest absolute Gasteiger partial charge is 0.463 e. The van der Waals surface area contributed by atoms with Gasteiger partial charge in [0.25, 0.3) is 5.78 Å². The summed E-state index contributed by atoms with van der Waals surface area (Å²) in [6, 6.07) is 7.42. The smallest absolute Gasteiger partial charge is 0.377 e. The number of hydrogen-bond donors (Lipinski definition) is 0. The van der Waals surface area contributed by atoms with Gasteiger partial charge in [0.05, 0.1) is 7.11 Å². The van der Waals surface area contributed by atoms with Crippen LogP contribution in [0.25, 0.3) is 0 Å². The first-order valence-corrected chi connectivity index (χ1v) is 5.46. The van der Waals surface area contributed by atoms with Crippen LogP contribution in [0.4, 0.5) is 0 Å². The van der Waals surface area contributed by atoms with Gasteiger partial charge in [-0.2, -0.15) is 0 Å². The molecule has 1 fully saturated rings. The first-order chi connectivity index (χ1) is 7.65. The summed E-state index contributed by atoms with van der Waals surface area (Å²) in [5.41, 5.74) is 0.866. The standard InChI is InChI=1S/C11H9BrO4/c1-15-11(14)8(13)10-9(16-10)6-4-2-3-5-7(6)12/h2-5,9-10H,1H3/t9-,10-/m1/s1. The van der Waals surface area contributed by atoms with E-state index in [0.717, 1.165) is 10.0 Å². The van der Waals surface area contributed by atoms with Crippen molar-refractivity contribution in [2.75, 3.05) is 7.11 Å². The van der Waals surface area contributed by atoms with Crippen LogP contribution in [0.3, 0.4) is 0 Å². The van der Waals surface area contributed by atoms with Crippen LogP contribution in [0.1, 0.15) is 11.7 Å². The predicted octanol–water partition coefficient (Wildman–Crippen LogP) is 1.63. The van der Waals surface area contributed by atoms with E-state index in [0.29, 0.717) is 0 Å². The highest BCUT2D eigenvalue weighted by atomic mass is 79.9. The molecule has 0 amide bonds. The van der Waals surface area contributed by atoms with Gasteiger partial charge in [-0.25, -0.2) is 4.79 Å². The topological polar surface area (TPSA) is 55.9 Å². The summed E-state index contributed by atoms with van der Waals surface area (Å²) in [5.74, 6) is -1.50. The maximum absolute atomic E-state index is 11.4. The molecular weight excluding hydrogens is 276 g/mol. The van der Waals surface area contributed by atoms with Crippen molar-refractivity contribution in [2.24, 2.45) is 0 Å². The van der Waals surface area contributed by atoms with E-state index in [9.17, 15) is 9.59 Å². The predicted molar refractivity (Wildman–Crippen MR) is 58.8 cm³/mol. The second kappa shape index (κ2) is 4.35. The molecule has 0 aliphatic carbocycles. The van der Waals surface area contributed by atoms with Gasteiger partial charge in [-0.05, 0) is 11.6 Å². The third-order valence-electron chi connectivity index (χ3n) is 2.35. The van der Waals surface area contributed by atoms with Crippen molar-refractivity contribution in [2.45, 2.75) is 12.2 Å². The van der Waals surface area contributed by atoms with Crippen molar-refractivity contribution >= 4 is 27.7 Å². The molecule has 1 saturated heterocycles. The molecule has 0 unspecified atom stereocenters. The Hall–Kier alpha value is -1.20. The number of rotatable bonds is 3. The molecule has 2 atom stereocenters. The van der Waals surface area contributed by atoms with E-state index in [1.54, 1.807) is 0 Å². The van der Waals surface area contributed by atoms with E-state index in [1.807, 2.05) is 24.3 Å². The fourth-order valence-electron chi connectivity index (χ4n) is 1.47. The summed E-state index contributed by atoms with van der Waals surface area (Å²) in [5, 5.41) is 0. The monoisotopic (exact) mass is 284 g/mol. The molecular formula is C11H9BrO4. The first-order valence-electron chi connectivity index (χ1n) is 4.67. The first kappa shape index (κ1) is 11.3. The van der Waals surface area contributed by atoms with Gasteiger partial charge in [0, 0.05) is 4.47 Å². The van der Waals surface area contributed by atoms with Gasteiger partial charge in [0.2, 0.25) is 0 Å². The maximum atomic E-state index is 11.4. The zero-order chi connectivity index (χ0) is 11.7. The number of carbonyl (C=O) groups excluding carboxylic acids is 2. The normalized spacial score (nSPS) is 22.6. The third kappa shape index (κ3) is 2.01. The number of carbonyl (C=O) groups is 2. The van der Waals surface area contributed by atoms with Crippen molar-refractivity contribution in [3.05, 3.63) is 34.3 Å². The second-order valence-electron chi connectivity index (χ2n) is 3.35. The number of ketones is 1. The molecule has 1 aromatic rings. The van der Waals surface area contributed by atoms with Crippen molar-refractivity contribution < 1.29 is 19.1 Å². The average Bonchev–Trinajstić information content (AvgIpc) is 3.07. The third-order valence-corrected chi connectivity index (χ3v) is 3.07. The zero-order valence-electron chi connectivity index (χ0n) is 8.48. The Morgan fingerprint density at radius 3 is 2.69 bits per heavy atom. The Balaban J connectivity index is 2.10. The van der Waals surface area contributed by atoms with Crippen LogP contribution in [0, 0.1) is 0 Å². The molecule has 5 heteroatoms. The SMILES string of the molecule is COC(=O)C(=O)[C@H]1O[C@@H]1c1ccccc1Br. The molecule has 0 saturated carbocycles. The number of esters is 1. The van der Waals surface area contributed by atoms with E-state index in [1.165, 1.54) is 7.11 Å². The highest BCUT2D eigenvalue weighted by Crippen LogP contribution is 2.42. The number of epoxide rings is 1. The molecule has 0 spiro atoms. The molecule has 1 aliphatic rings. The summed E-state index contributed by atoms with van der Waals surface area (Å²) in [7, 11) is 1.18. The lowest BCUT2D eigenvalue weighted by Gasteiger charge is -1.98. The van der Waals surface area contributed by atoms with Crippen LogP contribution >= 0.6 is 15.9 Å². The Bertz CT molecular complexity index is 443. The summed E-state index contributed by atoms with van der Waals surface area (Å²) in [6.45, 7) is 0. The molecule has 84 valence electrons. The Morgan fingerprint density at radius 2 is 2.06 bits per heavy atom. The van der Waals surface area contributed by atoms with Gasteiger partial charge in [-0.3, -0.25) is 4.79 Å². The van der Waals surface area contributed by atoms with E-state index in [2.05, 4.69) is 20.7 Å². The van der Waals surface area contributed by atoms with Crippen LogP contribution in [-0.2, 0) is 19.1 Å². The van der Waals surface area contributed by atoms with Crippen molar-refractivity contribution in [3.63, 3.8) is 0 Å². The van der Waals surface area contributed by atoms with E-state index >= 15 is 0 Å². The number of benzene rings is 1. The molecule has 1 heterocycles. The minimum Gasteiger partial charge on any atom is -0.463 e. The summed E-state index contributed by atoms with van der Waals surface area (Å²) in [4.78, 5) is 22.4. The molecule has 0 radical (unpaired) electrons. The molecule has 2 rings (SSSR count). The van der Waals surface area contributed by atoms with Crippen LogP contribution in [0.5, 0.6) is 0 Å². The molecule has 1 aromatic carbocycles. The van der Waals surface area contributed by atoms with Crippen LogP contribution < -0.4 is 0 Å². The van der Waals surface area contributed by atoms with Crippen molar-refractivity contribution in [3.8, 4) is 0 Å². The van der Waals surface area contributed by atoms with Gasteiger partial charge < -0.3 is 9.47 Å². The number of Topliss-reactive ketones (excluding diaryl/α,β-unsaturated/α-hetero) is 1. The average molecular weight is 285 g/mol. The summed E-state index contributed by atoms with van der Waals surface area (Å²) >= 11 is 3.36. The summed E-state index contributed by atoms with van der Waals surface area (Å²) in [6.07, 6.45) is -1.05. The molecule has 4 nitrogen and oxygen atoms in total. The minimum atomic E-state index is -0.862. The lowest BCUT2D eigenvalue weighted by molar-refractivity contribution is -0.152. The molecule has 0 N–H and O–H groups in total. The lowest BCUT2D eigenvalue weighted by Crippen LogP contribution is -2.21. The highest BCUT2D eigenvalue weighted by molar-refractivity contribution is 9.10. The van der Waals surface area contributed by atoms with Crippen LogP contribution in [0.15, 0.2) is 28.7 Å². The highest BCUT2D eigenvalue weighted by Gasteiger charge is 2.49. The van der Waals surface area contributed by atoms with Gasteiger partial charge in [-0.1, -0.05) is 34.1 Å². The fourth-order valence-corrected chi connectivity index (χ4v) is 1.98. The van der Waals surface area contributed by atoms with E-state index in [-0.39, 0.29) is 6.10 Å². The zero-order valence-corrected chi connectivity index (χ0v) is 10.1. The fraction of sp³-hybridized carbons (Fsp3) is 0.273. The van der Waals surface area contributed by atoms with Gasteiger partial charge in [0.1, 0.15) is 6.10 Å².